The van der Waals surface area contributed by atoms with Crippen LogP contribution in [0.1, 0.15) is 18.1 Å². The van der Waals surface area contributed by atoms with Gasteiger partial charge in [0.2, 0.25) is 0 Å². The highest BCUT2D eigenvalue weighted by Crippen LogP contribution is 2.28. The summed E-state index contributed by atoms with van der Waals surface area (Å²) in [6, 6.07) is 2.49. The van der Waals surface area contributed by atoms with Gasteiger partial charge in [-0.15, -0.1) is 0 Å². The third kappa shape index (κ3) is 4.74. The molecule has 0 aliphatic rings. The van der Waals surface area contributed by atoms with Crippen molar-refractivity contribution in [2.45, 2.75) is 25.3 Å². The van der Waals surface area contributed by atoms with Gasteiger partial charge in [-0.25, -0.2) is 4.39 Å². The molecule has 1 rings (SSSR count). The second-order valence-corrected chi connectivity index (χ2v) is 4.12. The summed E-state index contributed by atoms with van der Waals surface area (Å²) in [7, 11) is 0. The van der Waals surface area contributed by atoms with Crippen LogP contribution in [0.25, 0.3) is 0 Å². The van der Waals surface area contributed by atoms with E-state index in [0.717, 1.165) is 6.07 Å². The first-order chi connectivity index (χ1) is 8.97. The maximum absolute atomic E-state index is 13.7. The maximum Gasteiger partial charge on any atom is 0.387 e. The first-order valence-corrected chi connectivity index (χ1v) is 6.57. The number of halogens is 4. The highest BCUT2D eigenvalue weighted by molar-refractivity contribution is 9.08. The minimum atomic E-state index is -3.16. The van der Waals surface area contributed by atoms with E-state index in [1.165, 1.54) is 6.07 Å². The number of alkyl halides is 3. The molecule has 0 heterocycles. The topological polar surface area (TPSA) is 35.5 Å². The molecule has 0 spiro atoms. The van der Waals surface area contributed by atoms with Crippen LogP contribution in [-0.2, 0) is 21.3 Å². The number of carbonyl (C=O) groups excluding carboxylic acids is 1. The van der Waals surface area contributed by atoms with Crippen molar-refractivity contribution >= 4 is 21.9 Å². The molecule has 0 N–H and O–H groups in total. The Labute approximate surface area is 116 Å². The Morgan fingerprint density at radius 2 is 2.11 bits per heavy atom. The van der Waals surface area contributed by atoms with Gasteiger partial charge in [-0.3, -0.25) is 4.79 Å². The number of rotatable bonds is 6. The lowest BCUT2D eigenvalue weighted by Gasteiger charge is -2.12. The molecule has 0 atom stereocenters. The monoisotopic (exact) mass is 340 g/mol. The Morgan fingerprint density at radius 1 is 1.42 bits per heavy atom. The predicted molar refractivity (Wildman–Crippen MR) is 66.0 cm³/mol. The summed E-state index contributed by atoms with van der Waals surface area (Å²) in [6.45, 7) is -1.39. The largest absolute Gasteiger partial charge is 0.466 e. The molecular weight excluding hydrogens is 329 g/mol. The van der Waals surface area contributed by atoms with Crippen molar-refractivity contribution in [3.8, 4) is 5.75 Å². The molecule has 0 radical (unpaired) electrons. The summed E-state index contributed by atoms with van der Waals surface area (Å²) in [6.07, 6.45) is -0.326. The Hall–Kier alpha value is -1.24. The summed E-state index contributed by atoms with van der Waals surface area (Å²) in [4.78, 5) is 11.4. The zero-order valence-corrected chi connectivity index (χ0v) is 11.7. The van der Waals surface area contributed by atoms with Crippen LogP contribution in [-0.4, -0.2) is 19.2 Å². The van der Waals surface area contributed by atoms with Crippen molar-refractivity contribution in [1.29, 1.82) is 0 Å². The van der Waals surface area contributed by atoms with E-state index in [-0.39, 0.29) is 18.6 Å². The van der Waals surface area contributed by atoms with Crippen molar-refractivity contribution in [1.82, 2.24) is 0 Å². The van der Waals surface area contributed by atoms with E-state index in [0.29, 0.717) is 10.9 Å². The molecule has 0 aromatic heterocycles. The van der Waals surface area contributed by atoms with Gasteiger partial charge < -0.3 is 9.47 Å². The molecule has 0 aliphatic heterocycles. The third-order valence-electron chi connectivity index (χ3n) is 2.18. The zero-order valence-electron chi connectivity index (χ0n) is 10.1. The molecule has 7 heteroatoms. The third-order valence-corrected chi connectivity index (χ3v) is 2.83. The van der Waals surface area contributed by atoms with Crippen LogP contribution in [0.5, 0.6) is 5.75 Å². The van der Waals surface area contributed by atoms with Gasteiger partial charge in [-0.2, -0.15) is 8.78 Å². The molecule has 0 saturated carbocycles. The summed E-state index contributed by atoms with van der Waals surface area (Å²) in [5.74, 6) is -2.18. The summed E-state index contributed by atoms with van der Waals surface area (Å²) >= 11 is 3.13. The van der Waals surface area contributed by atoms with Gasteiger partial charge in [0.1, 0.15) is 0 Å². The number of ether oxygens (including phenoxy) is 2. The average molecular weight is 341 g/mol. The second kappa shape index (κ2) is 7.37. The first kappa shape index (κ1) is 15.8. The molecule has 0 aliphatic carbocycles. The first-order valence-electron chi connectivity index (χ1n) is 5.45. The quantitative estimate of drug-likeness (QED) is 0.588. The molecule has 0 amide bonds. The molecule has 0 bridgehead atoms. The van der Waals surface area contributed by atoms with Crippen LogP contribution in [0.4, 0.5) is 13.2 Å². The van der Waals surface area contributed by atoms with E-state index < -0.39 is 24.1 Å². The smallest absolute Gasteiger partial charge is 0.387 e. The van der Waals surface area contributed by atoms with Gasteiger partial charge in [0, 0.05) is 10.9 Å². The Kier molecular flexibility index (Phi) is 6.14. The van der Waals surface area contributed by atoms with Gasteiger partial charge in [0.25, 0.3) is 0 Å². The van der Waals surface area contributed by atoms with Gasteiger partial charge in [-0.05, 0) is 18.6 Å². The van der Waals surface area contributed by atoms with Gasteiger partial charge in [-0.1, -0.05) is 22.0 Å². The number of benzene rings is 1. The average Bonchev–Trinajstić information content (AvgIpc) is 2.33. The molecule has 0 unspecified atom stereocenters. The highest BCUT2D eigenvalue weighted by Gasteiger charge is 2.19. The molecular formula is C12H12BrF3O3. The SMILES string of the molecule is CCOC(=O)Cc1cc(CBr)cc(F)c1OC(F)F. The van der Waals surface area contributed by atoms with Crippen LogP contribution in [0.15, 0.2) is 12.1 Å². The maximum atomic E-state index is 13.7. The fraction of sp³-hybridized carbons (Fsp3) is 0.417. The Bertz CT molecular complexity index is 452. The Balaban J connectivity index is 3.08. The number of hydrogen-bond acceptors (Lipinski definition) is 3. The van der Waals surface area contributed by atoms with Crippen LogP contribution in [0.3, 0.4) is 0 Å². The number of esters is 1. The van der Waals surface area contributed by atoms with E-state index in [1.54, 1.807) is 6.92 Å². The molecule has 1 aromatic rings. The lowest BCUT2D eigenvalue weighted by molar-refractivity contribution is -0.142. The normalized spacial score (nSPS) is 10.6. The van der Waals surface area contributed by atoms with Crippen LogP contribution < -0.4 is 4.74 Å². The Morgan fingerprint density at radius 3 is 2.63 bits per heavy atom. The minimum Gasteiger partial charge on any atom is -0.466 e. The van der Waals surface area contributed by atoms with E-state index in [4.69, 9.17) is 4.74 Å². The van der Waals surface area contributed by atoms with Crippen molar-refractivity contribution in [2.24, 2.45) is 0 Å². The lowest BCUT2D eigenvalue weighted by atomic mass is 10.1. The van der Waals surface area contributed by atoms with Crippen molar-refractivity contribution < 1.29 is 27.4 Å². The molecule has 0 fully saturated rings. The lowest BCUT2D eigenvalue weighted by Crippen LogP contribution is -2.12. The van der Waals surface area contributed by atoms with Crippen molar-refractivity contribution in [2.75, 3.05) is 6.61 Å². The molecule has 3 nitrogen and oxygen atoms in total. The second-order valence-electron chi connectivity index (χ2n) is 3.56. The van der Waals surface area contributed by atoms with Gasteiger partial charge >= 0.3 is 12.6 Å². The standard InChI is InChI=1S/C12H12BrF3O3/c1-2-18-10(17)5-8-3-7(6-13)4-9(14)11(8)19-12(15)16/h3-4,12H,2,5-6H2,1H3. The van der Waals surface area contributed by atoms with Gasteiger partial charge in [0.15, 0.2) is 11.6 Å². The number of carbonyl (C=O) groups is 1. The van der Waals surface area contributed by atoms with Crippen molar-refractivity contribution in [3.63, 3.8) is 0 Å². The number of hydrogen-bond donors (Lipinski definition) is 0. The summed E-state index contributed by atoms with van der Waals surface area (Å²) < 4.78 is 47.0. The van der Waals surface area contributed by atoms with Crippen molar-refractivity contribution in [3.05, 3.63) is 29.1 Å². The van der Waals surface area contributed by atoms with Crippen LogP contribution in [0.2, 0.25) is 0 Å². The summed E-state index contributed by atoms with van der Waals surface area (Å²) in [5.41, 5.74) is 0.548. The predicted octanol–water partition coefficient (Wildman–Crippen LogP) is 3.43. The van der Waals surface area contributed by atoms with Gasteiger partial charge in [0.05, 0.1) is 13.0 Å². The highest BCUT2D eigenvalue weighted by atomic mass is 79.9. The fourth-order valence-corrected chi connectivity index (χ4v) is 1.83. The molecule has 19 heavy (non-hydrogen) atoms. The van der Waals surface area contributed by atoms with E-state index in [2.05, 4.69) is 20.7 Å². The minimum absolute atomic E-state index is 0.0354. The van der Waals surface area contributed by atoms with E-state index in [1.807, 2.05) is 0 Å². The zero-order chi connectivity index (χ0) is 14.4. The van der Waals surface area contributed by atoms with Crippen LogP contribution >= 0.6 is 15.9 Å². The molecule has 106 valence electrons. The summed E-state index contributed by atoms with van der Waals surface area (Å²) in [5, 5.41) is 0.328. The molecule has 1 aromatic carbocycles. The molecule has 0 saturated heterocycles. The van der Waals surface area contributed by atoms with Crippen LogP contribution in [0, 0.1) is 5.82 Å². The van der Waals surface area contributed by atoms with E-state index >= 15 is 0 Å². The fourth-order valence-electron chi connectivity index (χ4n) is 1.51. The van der Waals surface area contributed by atoms with E-state index in [9.17, 15) is 18.0 Å².